The van der Waals surface area contributed by atoms with Gasteiger partial charge in [-0.3, -0.25) is 9.59 Å². The van der Waals surface area contributed by atoms with E-state index in [2.05, 4.69) is 10.6 Å². The average molecular weight is 312 g/mol. The monoisotopic (exact) mass is 312 g/mol. The largest absolute Gasteiger partial charge is 0.480 e. The number of carboxylic acid groups (broad SMARTS) is 1. The summed E-state index contributed by atoms with van der Waals surface area (Å²) in [6.45, 7) is 5.13. The first kappa shape index (κ1) is 17.2. The Morgan fingerprint density at radius 3 is 2.57 bits per heavy atom. The van der Waals surface area contributed by atoms with Gasteiger partial charge in [-0.2, -0.15) is 0 Å². The average Bonchev–Trinajstić information content (AvgIpc) is 2.73. The van der Waals surface area contributed by atoms with Gasteiger partial charge in [0.25, 0.3) is 5.91 Å². The molecule has 2 amide bonds. The van der Waals surface area contributed by atoms with Crippen LogP contribution >= 0.6 is 11.3 Å². The Morgan fingerprint density at radius 1 is 1.38 bits per heavy atom. The van der Waals surface area contributed by atoms with Crippen LogP contribution in [0.3, 0.4) is 0 Å². The number of carboxylic acids is 1. The van der Waals surface area contributed by atoms with Gasteiger partial charge in [0.1, 0.15) is 11.0 Å². The fourth-order valence-corrected chi connectivity index (χ4v) is 2.79. The van der Waals surface area contributed by atoms with Crippen molar-refractivity contribution in [2.45, 2.75) is 46.1 Å². The predicted octanol–water partition coefficient (Wildman–Crippen LogP) is 2.39. The highest BCUT2D eigenvalue weighted by Gasteiger charge is 2.23. The molecular weight excluding hydrogens is 292 g/mol. The summed E-state index contributed by atoms with van der Waals surface area (Å²) in [6.07, 6.45) is 1.96. The molecule has 1 heterocycles. The molecular formula is C14H20N2O4S. The van der Waals surface area contributed by atoms with E-state index in [9.17, 15) is 14.4 Å². The Hall–Kier alpha value is -1.89. The van der Waals surface area contributed by atoms with Crippen molar-refractivity contribution in [3.8, 4) is 0 Å². The molecule has 1 aromatic heterocycles. The lowest BCUT2D eigenvalue weighted by Gasteiger charge is -2.14. The summed E-state index contributed by atoms with van der Waals surface area (Å²) in [5.41, 5.74) is 0.301. The molecule has 0 aliphatic carbocycles. The number of hydrogen-bond donors (Lipinski definition) is 3. The van der Waals surface area contributed by atoms with Crippen LogP contribution in [0, 0.1) is 6.92 Å². The van der Waals surface area contributed by atoms with Crippen LogP contribution in [-0.4, -0.2) is 28.9 Å². The first-order valence-electron chi connectivity index (χ1n) is 6.76. The molecule has 3 N–H and O–H groups in total. The Kier molecular flexibility index (Phi) is 6.36. The van der Waals surface area contributed by atoms with Crippen LogP contribution < -0.4 is 10.6 Å². The smallest absolute Gasteiger partial charge is 0.326 e. The zero-order valence-corrected chi connectivity index (χ0v) is 13.2. The number of unbranched alkanes of at least 4 members (excludes halogenated alkanes) is 1. The van der Waals surface area contributed by atoms with E-state index in [0.717, 1.165) is 17.7 Å². The van der Waals surface area contributed by atoms with Crippen molar-refractivity contribution in [3.05, 3.63) is 16.5 Å². The van der Waals surface area contributed by atoms with Crippen LogP contribution in [0.1, 0.15) is 48.3 Å². The van der Waals surface area contributed by atoms with E-state index in [1.54, 1.807) is 6.07 Å². The summed E-state index contributed by atoms with van der Waals surface area (Å²) in [7, 11) is 0. The van der Waals surface area contributed by atoms with Crippen LogP contribution in [0.25, 0.3) is 0 Å². The third kappa shape index (κ3) is 5.18. The minimum absolute atomic E-state index is 0.272. The van der Waals surface area contributed by atoms with E-state index in [1.807, 2.05) is 13.8 Å². The minimum Gasteiger partial charge on any atom is -0.480 e. The molecule has 7 heteroatoms. The van der Waals surface area contributed by atoms with Gasteiger partial charge >= 0.3 is 5.97 Å². The van der Waals surface area contributed by atoms with Crippen LogP contribution in [-0.2, 0) is 9.59 Å². The maximum Gasteiger partial charge on any atom is 0.326 e. The van der Waals surface area contributed by atoms with Crippen molar-refractivity contribution in [1.29, 1.82) is 0 Å². The lowest BCUT2D eigenvalue weighted by molar-refractivity contribution is -0.139. The zero-order valence-electron chi connectivity index (χ0n) is 12.4. The summed E-state index contributed by atoms with van der Waals surface area (Å²) in [6, 6.07) is 0.729. The molecule has 0 bridgehead atoms. The zero-order chi connectivity index (χ0) is 16.0. The van der Waals surface area contributed by atoms with E-state index >= 15 is 0 Å². The van der Waals surface area contributed by atoms with E-state index in [-0.39, 0.29) is 5.91 Å². The highest BCUT2D eigenvalue weighted by atomic mass is 32.1. The molecule has 0 fully saturated rings. The number of anilines is 1. The first-order valence-corrected chi connectivity index (χ1v) is 7.58. The quantitative estimate of drug-likeness (QED) is 0.720. The number of aliphatic carboxylic acids is 1. The van der Waals surface area contributed by atoms with Gasteiger partial charge < -0.3 is 15.7 Å². The van der Waals surface area contributed by atoms with Crippen molar-refractivity contribution >= 4 is 34.1 Å². The molecule has 0 aliphatic rings. The molecule has 21 heavy (non-hydrogen) atoms. The standard InChI is InChI=1S/C14H20N2O4S/c1-4-5-6-11(14(19)20)16-12(18)10-7-8(2)21-13(10)15-9(3)17/h7,11H,4-6H2,1-3H3,(H,15,17)(H,16,18)(H,19,20). The summed E-state index contributed by atoms with van der Waals surface area (Å²) < 4.78 is 0. The molecule has 0 saturated heterocycles. The van der Waals surface area contributed by atoms with Crippen molar-refractivity contribution in [1.82, 2.24) is 5.32 Å². The third-order valence-electron chi connectivity index (χ3n) is 2.84. The number of amides is 2. The van der Waals surface area contributed by atoms with Gasteiger partial charge in [-0.1, -0.05) is 19.8 Å². The van der Waals surface area contributed by atoms with Crippen molar-refractivity contribution in [3.63, 3.8) is 0 Å². The van der Waals surface area contributed by atoms with Crippen LogP contribution in [0.15, 0.2) is 6.07 Å². The molecule has 0 aromatic carbocycles. The SMILES string of the molecule is CCCCC(NC(=O)c1cc(C)sc1NC(C)=O)C(=O)O. The summed E-state index contributed by atoms with van der Waals surface area (Å²) in [4.78, 5) is 35.4. The number of carbonyl (C=O) groups is 3. The van der Waals surface area contributed by atoms with Crippen LogP contribution in [0.4, 0.5) is 5.00 Å². The topological polar surface area (TPSA) is 95.5 Å². The third-order valence-corrected chi connectivity index (χ3v) is 3.81. The van der Waals surface area contributed by atoms with Crippen molar-refractivity contribution < 1.29 is 19.5 Å². The second-order valence-electron chi connectivity index (χ2n) is 4.79. The summed E-state index contributed by atoms with van der Waals surface area (Å²) in [5.74, 6) is -1.80. The number of thiophene rings is 1. The highest BCUT2D eigenvalue weighted by molar-refractivity contribution is 7.16. The highest BCUT2D eigenvalue weighted by Crippen LogP contribution is 2.27. The minimum atomic E-state index is -1.05. The lowest BCUT2D eigenvalue weighted by atomic mass is 10.1. The molecule has 1 rings (SSSR count). The second-order valence-corrected chi connectivity index (χ2v) is 6.04. The normalized spacial score (nSPS) is 11.8. The Bertz CT molecular complexity index is 539. The van der Waals surface area contributed by atoms with E-state index in [4.69, 9.17) is 5.11 Å². The Morgan fingerprint density at radius 2 is 2.05 bits per heavy atom. The fraction of sp³-hybridized carbons (Fsp3) is 0.500. The van der Waals surface area contributed by atoms with Gasteiger partial charge in [-0.05, 0) is 19.4 Å². The van der Waals surface area contributed by atoms with Gasteiger partial charge in [0, 0.05) is 11.8 Å². The van der Waals surface area contributed by atoms with E-state index in [0.29, 0.717) is 17.0 Å². The van der Waals surface area contributed by atoms with Gasteiger partial charge in [-0.15, -0.1) is 11.3 Å². The molecule has 6 nitrogen and oxygen atoms in total. The Balaban J connectivity index is 2.86. The molecule has 1 unspecified atom stereocenters. The number of nitrogens with one attached hydrogen (secondary N) is 2. The van der Waals surface area contributed by atoms with Crippen molar-refractivity contribution in [2.24, 2.45) is 0 Å². The Labute approximate surface area is 127 Å². The molecule has 0 aliphatic heterocycles. The van der Waals surface area contributed by atoms with E-state index < -0.39 is 17.9 Å². The number of aryl methyl sites for hydroxylation is 1. The second kappa shape index (κ2) is 7.78. The number of carbonyl (C=O) groups excluding carboxylic acids is 2. The molecule has 0 radical (unpaired) electrons. The molecule has 116 valence electrons. The van der Waals surface area contributed by atoms with E-state index in [1.165, 1.54) is 18.3 Å². The van der Waals surface area contributed by atoms with Crippen LogP contribution in [0.2, 0.25) is 0 Å². The number of hydrogen-bond acceptors (Lipinski definition) is 4. The van der Waals surface area contributed by atoms with Gasteiger partial charge in [-0.25, -0.2) is 4.79 Å². The van der Waals surface area contributed by atoms with Gasteiger partial charge in [0.15, 0.2) is 0 Å². The van der Waals surface area contributed by atoms with Crippen molar-refractivity contribution in [2.75, 3.05) is 5.32 Å². The first-order chi connectivity index (χ1) is 9.85. The lowest BCUT2D eigenvalue weighted by Crippen LogP contribution is -2.40. The maximum absolute atomic E-state index is 12.2. The predicted molar refractivity (Wildman–Crippen MR) is 81.8 cm³/mol. The molecule has 0 saturated carbocycles. The van der Waals surface area contributed by atoms with Crippen LogP contribution in [0.5, 0.6) is 0 Å². The molecule has 1 aromatic rings. The molecule has 1 atom stereocenters. The molecule has 0 spiro atoms. The number of rotatable bonds is 7. The maximum atomic E-state index is 12.2. The summed E-state index contributed by atoms with van der Waals surface area (Å²) >= 11 is 1.28. The van der Waals surface area contributed by atoms with Gasteiger partial charge in [0.05, 0.1) is 5.56 Å². The van der Waals surface area contributed by atoms with Gasteiger partial charge in [0.2, 0.25) is 5.91 Å². The fourth-order valence-electron chi connectivity index (χ4n) is 1.84. The summed E-state index contributed by atoms with van der Waals surface area (Å²) in [5, 5.41) is 14.7.